The molecule has 0 radical (unpaired) electrons. The van der Waals surface area contributed by atoms with Crippen molar-refractivity contribution in [2.24, 2.45) is 5.10 Å². The SMILES string of the molecule is C/C(=N/NC(=S)NC(C)C)C(c1ccccc1)c1ccccc1. The lowest BCUT2D eigenvalue weighted by atomic mass is 9.88. The van der Waals surface area contributed by atoms with Gasteiger partial charge in [0.25, 0.3) is 0 Å². The highest BCUT2D eigenvalue weighted by molar-refractivity contribution is 7.80. The Bertz CT molecular complexity index is 611. The minimum Gasteiger partial charge on any atom is -0.359 e. The second kappa shape index (κ2) is 8.44. The zero-order chi connectivity index (χ0) is 16.7. The lowest BCUT2D eigenvalue weighted by molar-refractivity contribution is 0.718. The van der Waals surface area contributed by atoms with Crippen molar-refractivity contribution < 1.29 is 0 Å². The van der Waals surface area contributed by atoms with Gasteiger partial charge in [-0.1, -0.05) is 60.7 Å². The van der Waals surface area contributed by atoms with Crippen LogP contribution in [0.2, 0.25) is 0 Å². The van der Waals surface area contributed by atoms with Crippen molar-refractivity contribution >= 4 is 23.0 Å². The quantitative estimate of drug-likeness (QED) is 0.494. The Morgan fingerprint density at radius 2 is 1.39 bits per heavy atom. The summed E-state index contributed by atoms with van der Waals surface area (Å²) >= 11 is 5.24. The van der Waals surface area contributed by atoms with Crippen LogP contribution in [-0.2, 0) is 0 Å². The van der Waals surface area contributed by atoms with E-state index in [4.69, 9.17) is 12.2 Å². The first-order valence-corrected chi connectivity index (χ1v) is 8.19. The molecule has 0 fully saturated rings. The Balaban J connectivity index is 2.25. The number of hydrogen-bond acceptors (Lipinski definition) is 2. The summed E-state index contributed by atoms with van der Waals surface area (Å²) < 4.78 is 0. The van der Waals surface area contributed by atoms with Gasteiger partial charge in [0.05, 0.1) is 0 Å². The molecule has 2 N–H and O–H groups in total. The zero-order valence-electron chi connectivity index (χ0n) is 13.8. The van der Waals surface area contributed by atoms with Gasteiger partial charge in [0, 0.05) is 17.7 Å². The first-order chi connectivity index (χ1) is 11.1. The highest BCUT2D eigenvalue weighted by Gasteiger charge is 2.17. The minimum atomic E-state index is 0.103. The molecule has 0 bridgehead atoms. The van der Waals surface area contributed by atoms with E-state index in [2.05, 4.69) is 64.4 Å². The van der Waals surface area contributed by atoms with Crippen molar-refractivity contribution in [1.29, 1.82) is 0 Å². The third-order valence-electron chi connectivity index (χ3n) is 3.44. The van der Waals surface area contributed by atoms with Gasteiger partial charge in [0.2, 0.25) is 0 Å². The van der Waals surface area contributed by atoms with Crippen LogP contribution in [0.1, 0.15) is 37.8 Å². The topological polar surface area (TPSA) is 36.4 Å². The van der Waals surface area contributed by atoms with E-state index in [1.165, 1.54) is 11.1 Å². The number of rotatable bonds is 5. The normalized spacial score (nSPS) is 11.6. The molecule has 0 saturated carbocycles. The highest BCUT2D eigenvalue weighted by atomic mass is 32.1. The van der Waals surface area contributed by atoms with E-state index >= 15 is 0 Å². The van der Waals surface area contributed by atoms with E-state index in [1.54, 1.807) is 0 Å². The maximum absolute atomic E-state index is 5.24. The first kappa shape index (κ1) is 17.2. The van der Waals surface area contributed by atoms with E-state index in [-0.39, 0.29) is 12.0 Å². The molecule has 0 aliphatic carbocycles. The fraction of sp³-hybridized carbons (Fsp3) is 0.263. The molecule has 0 aliphatic rings. The van der Waals surface area contributed by atoms with E-state index in [1.807, 2.05) is 32.9 Å². The zero-order valence-corrected chi connectivity index (χ0v) is 14.6. The Morgan fingerprint density at radius 3 is 1.83 bits per heavy atom. The maximum atomic E-state index is 5.24. The molecule has 0 amide bonds. The molecule has 2 aromatic rings. The van der Waals surface area contributed by atoms with Crippen LogP contribution >= 0.6 is 12.2 Å². The van der Waals surface area contributed by atoms with E-state index in [0.717, 1.165) is 5.71 Å². The molecular formula is C19H23N3S. The molecule has 2 aromatic carbocycles. The summed E-state index contributed by atoms with van der Waals surface area (Å²) in [6.07, 6.45) is 0. The molecular weight excluding hydrogens is 302 g/mol. The first-order valence-electron chi connectivity index (χ1n) is 7.78. The summed E-state index contributed by atoms with van der Waals surface area (Å²) in [7, 11) is 0. The fourth-order valence-corrected chi connectivity index (χ4v) is 2.75. The monoisotopic (exact) mass is 325 g/mol. The van der Waals surface area contributed by atoms with Crippen LogP contribution in [0.15, 0.2) is 65.8 Å². The number of benzene rings is 2. The molecule has 0 aliphatic heterocycles. The molecule has 3 nitrogen and oxygen atoms in total. The molecule has 0 spiro atoms. The van der Waals surface area contributed by atoms with Gasteiger partial charge < -0.3 is 5.32 Å². The molecule has 0 saturated heterocycles. The number of nitrogens with one attached hydrogen (secondary N) is 2. The lowest BCUT2D eigenvalue weighted by Gasteiger charge is -2.18. The largest absolute Gasteiger partial charge is 0.359 e. The van der Waals surface area contributed by atoms with Crippen LogP contribution in [0.4, 0.5) is 0 Å². The summed E-state index contributed by atoms with van der Waals surface area (Å²) in [6.45, 7) is 6.11. The molecule has 120 valence electrons. The Hall–Kier alpha value is -2.20. The number of hydrazone groups is 1. The van der Waals surface area contributed by atoms with Gasteiger partial charge in [-0.2, -0.15) is 5.10 Å². The van der Waals surface area contributed by atoms with Crippen molar-refractivity contribution in [2.45, 2.75) is 32.7 Å². The summed E-state index contributed by atoms with van der Waals surface area (Å²) in [5, 5.41) is 8.16. The van der Waals surface area contributed by atoms with E-state index in [9.17, 15) is 0 Å². The van der Waals surface area contributed by atoms with Crippen molar-refractivity contribution in [3.8, 4) is 0 Å². The summed E-state index contributed by atoms with van der Waals surface area (Å²) in [4.78, 5) is 0. The molecule has 23 heavy (non-hydrogen) atoms. The number of nitrogens with zero attached hydrogens (tertiary/aromatic N) is 1. The smallest absolute Gasteiger partial charge is 0.187 e. The lowest BCUT2D eigenvalue weighted by Crippen LogP contribution is -2.37. The van der Waals surface area contributed by atoms with Crippen molar-refractivity contribution in [3.63, 3.8) is 0 Å². The van der Waals surface area contributed by atoms with Gasteiger partial charge in [0.15, 0.2) is 5.11 Å². The molecule has 0 atom stereocenters. The minimum absolute atomic E-state index is 0.103. The van der Waals surface area contributed by atoms with Crippen LogP contribution in [0.5, 0.6) is 0 Å². The van der Waals surface area contributed by atoms with Crippen LogP contribution in [-0.4, -0.2) is 16.9 Å². The van der Waals surface area contributed by atoms with Gasteiger partial charge in [-0.25, -0.2) is 0 Å². The molecule has 0 unspecified atom stereocenters. The maximum Gasteiger partial charge on any atom is 0.187 e. The third kappa shape index (κ3) is 5.18. The van der Waals surface area contributed by atoms with Crippen LogP contribution in [0.3, 0.4) is 0 Å². The Kier molecular flexibility index (Phi) is 6.29. The number of hydrogen-bond donors (Lipinski definition) is 2. The van der Waals surface area contributed by atoms with Crippen molar-refractivity contribution in [3.05, 3.63) is 71.8 Å². The predicted molar refractivity (Wildman–Crippen MR) is 102 cm³/mol. The average molecular weight is 325 g/mol. The molecule has 0 aromatic heterocycles. The second-order valence-corrected chi connectivity index (χ2v) is 6.16. The van der Waals surface area contributed by atoms with Crippen LogP contribution in [0, 0.1) is 0 Å². The van der Waals surface area contributed by atoms with Crippen molar-refractivity contribution in [1.82, 2.24) is 10.7 Å². The summed E-state index contributed by atoms with van der Waals surface area (Å²) in [6, 6.07) is 21.0. The summed E-state index contributed by atoms with van der Waals surface area (Å²) in [5.41, 5.74) is 6.33. The standard InChI is InChI=1S/C19H23N3S/c1-14(2)20-19(23)22-21-15(3)18(16-10-6-4-7-11-16)17-12-8-5-9-13-17/h4-14,18H,1-3H3,(H2,20,22,23)/b21-15-. The third-order valence-corrected chi connectivity index (χ3v) is 3.65. The van der Waals surface area contributed by atoms with Crippen molar-refractivity contribution in [2.75, 3.05) is 0 Å². The molecule has 0 heterocycles. The van der Waals surface area contributed by atoms with Gasteiger partial charge in [-0.05, 0) is 44.1 Å². The Labute approximate surface area is 143 Å². The van der Waals surface area contributed by atoms with Gasteiger partial charge in [-0.3, -0.25) is 5.43 Å². The summed E-state index contributed by atoms with van der Waals surface area (Å²) in [5.74, 6) is 0.103. The van der Waals surface area contributed by atoms with Gasteiger partial charge in [0.1, 0.15) is 0 Å². The molecule has 4 heteroatoms. The van der Waals surface area contributed by atoms with Crippen LogP contribution < -0.4 is 10.7 Å². The highest BCUT2D eigenvalue weighted by Crippen LogP contribution is 2.25. The second-order valence-electron chi connectivity index (χ2n) is 5.75. The fourth-order valence-electron chi connectivity index (χ4n) is 2.46. The van der Waals surface area contributed by atoms with Gasteiger partial charge >= 0.3 is 0 Å². The van der Waals surface area contributed by atoms with E-state index < -0.39 is 0 Å². The molecule has 2 rings (SSSR count). The van der Waals surface area contributed by atoms with E-state index in [0.29, 0.717) is 5.11 Å². The van der Waals surface area contributed by atoms with Gasteiger partial charge in [-0.15, -0.1) is 0 Å². The van der Waals surface area contributed by atoms with Crippen LogP contribution in [0.25, 0.3) is 0 Å². The Morgan fingerprint density at radius 1 is 0.913 bits per heavy atom. The average Bonchev–Trinajstić information content (AvgIpc) is 2.55. The number of thiocarbonyl (C=S) groups is 1. The predicted octanol–water partition coefficient (Wildman–Crippen LogP) is 4.07.